The summed E-state index contributed by atoms with van der Waals surface area (Å²) >= 11 is 0. The smallest absolute Gasteiger partial charge is 0.317 e. The molecular formula is C15H24N4O3. The highest BCUT2D eigenvalue weighted by atomic mass is 16.4. The summed E-state index contributed by atoms with van der Waals surface area (Å²) in [6, 6.07) is -0.275. The Balaban J connectivity index is 1.98. The van der Waals surface area contributed by atoms with E-state index in [1.165, 1.54) is 4.90 Å². The first kappa shape index (κ1) is 16.3. The van der Waals surface area contributed by atoms with Gasteiger partial charge in [-0.25, -0.2) is 9.78 Å². The number of aromatic nitrogens is 1. The van der Waals surface area contributed by atoms with Crippen LogP contribution in [0.15, 0.2) is 4.42 Å². The van der Waals surface area contributed by atoms with Crippen LogP contribution >= 0.6 is 0 Å². The van der Waals surface area contributed by atoms with Crippen molar-refractivity contribution in [1.82, 2.24) is 20.1 Å². The molecule has 1 aliphatic rings. The van der Waals surface area contributed by atoms with Crippen LogP contribution < -0.4 is 5.32 Å². The summed E-state index contributed by atoms with van der Waals surface area (Å²) in [5.41, 5.74) is 0.676. The van der Waals surface area contributed by atoms with Crippen molar-refractivity contribution < 1.29 is 14.0 Å². The number of hydrogen-bond acceptors (Lipinski definition) is 4. The number of carbonyl (C=O) groups excluding carboxylic acids is 2. The van der Waals surface area contributed by atoms with E-state index in [1.807, 2.05) is 20.8 Å². The van der Waals surface area contributed by atoms with Crippen LogP contribution in [0.1, 0.15) is 38.1 Å². The lowest BCUT2D eigenvalue weighted by Gasteiger charge is -2.25. The highest BCUT2D eigenvalue weighted by Crippen LogP contribution is 2.27. The summed E-state index contributed by atoms with van der Waals surface area (Å²) in [4.78, 5) is 31.3. The summed E-state index contributed by atoms with van der Waals surface area (Å²) in [6.07, 6.45) is 0.659. The molecule has 0 fully saturated rings. The average molecular weight is 308 g/mol. The molecule has 1 N–H and O–H groups in total. The van der Waals surface area contributed by atoms with Gasteiger partial charge >= 0.3 is 6.03 Å². The number of rotatable bonds is 2. The molecule has 0 aliphatic carbocycles. The van der Waals surface area contributed by atoms with Crippen LogP contribution in [0.3, 0.4) is 0 Å². The van der Waals surface area contributed by atoms with E-state index in [1.54, 1.807) is 19.0 Å². The molecule has 1 aliphatic heterocycles. The van der Waals surface area contributed by atoms with Gasteiger partial charge in [0.1, 0.15) is 11.5 Å². The van der Waals surface area contributed by atoms with Crippen molar-refractivity contribution in [2.24, 2.45) is 0 Å². The Bertz CT molecular complexity index is 572. The van der Waals surface area contributed by atoms with Crippen LogP contribution in [0.5, 0.6) is 0 Å². The van der Waals surface area contributed by atoms with E-state index in [9.17, 15) is 9.59 Å². The van der Waals surface area contributed by atoms with E-state index in [0.717, 1.165) is 11.5 Å². The summed E-state index contributed by atoms with van der Waals surface area (Å²) in [5, 5.41) is 2.58. The molecule has 2 rings (SSSR count). The predicted molar refractivity (Wildman–Crippen MR) is 81.4 cm³/mol. The van der Waals surface area contributed by atoms with Gasteiger partial charge in [0.15, 0.2) is 5.89 Å². The maximum absolute atomic E-state index is 12.2. The van der Waals surface area contributed by atoms with Crippen LogP contribution in [0.25, 0.3) is 0 Å². The third kappa shape index (κ3) is 3.58. The predicted octanol–water partition coefficient (Wildman–Crippen LogP) is 1.13. The van der Waals surface area contributed by atoms with Crippen molar-refractivity contribution in [3.63, 3.8) is 0 Å². The lowest BCUT2D eigenvalue weighted by Crippen LogP contribution is -2.44. The van der Waals surface area contributed by atoms with Gasteiger partial charge < -0.3 is 19.5 Å². The number of nitrogens with zero attached hydrogens (tertiary/aromatic N) is 3. The first-order valence-corrected chi connectivity index (χ1v) is 7.40. The minimum absolute atomic E-state index is 0.00364. The Hall–Kier alpha value is -2.05. The van der Waals surface area contributed by atoms with Gasteiger partial charge in [-0.2, -0.15) is 0 Å². The lowest BCUT2D eigenvalue weighted by molar-refractivity contribution is -0.131. The van der Waals surface area contributed by atoms with Crippen molar-refractivity contribution >= 4 is 11.9 Å². The molecule has 7 nitrogen and oxygen atoms in total. The maximum atomic E-state index is 12.2. The van der Waals surface area contributed by atoms with Gasteiger partial charge in [-0.1, -0.05) is 20.8 Å². The first-order chi connectivity index (χ1) is 10.2. The quantitative estimate of drug-likeness (QED) is 0.888. The van der Waals surface area contributed by atoms with Crippen molar-refractivity contribution in [2.45, 2.75) is 39.2 Å². The Labute approximate surface area is 130 Å². The van der Waals surface area contributed by atoms with Crippen LogP contribution in [0.2, 0.25) is 0 Å². The molecule has 0 atom stereocenters. The zero-order chi connectivity index (χ0) is 16.5. The average Bonchev–Trinajstić information content (AvgIpc) is 2.87. The number of hydrogen-bond donors (Lipinski definition) is 1. The van der Waals surface area contributed by atoms with Gasteiger partial charge in [-0.15, -0.1) is 0 Å². The number of carbonyl (C=O) groups is 2. The van der Waals surface area contributed by atoms with Crippen LogP contribution in [-0.2, 0) is 23.2 Å². The van der Waals surface area contributed by atoms with E-state index < -0.39 is 0 Å². The van der Waals surface area contributed by atoms with E-state index in [2.05, 4.69) is 10.3 Å². The van der Waals surface area contributed by atoms with E-state index in [0.29, 0.717) is 25.4 Å². The van der Waals surface area contributed by atoms with Gasteiger partial charge in [0.05, 0.1) is 13.1 Å². The molecule has 22 heavy (non-hydrogen) atoms. The first-order valence-electron chi connectivity index (χ1n) is 7.40. The van der Waals surface area contributed by atoms with E-state index >= 15 is 0 Å². The minimum Gasteiger partial charge on any atom is -0.445 e. The zero-order valence-corrected chi connectivity index (χ0v) is 13.9. The molecule has 0 aromatic carbocycles. The number of nitrogens with one attached hydrogen (secondary N) is 1. The third-order valence-corrected chi connectivity index (χ3v) is 3.52. The van der Waals surface area contributed by atoms with Crippen LogP contribution in [0.4, 0.5) is 4.79 Å². The molecule has 0 bridgehead atoms. The standard InChI is InChI=1S/C15H24N4O3/c1-15(2,3)13-17-10-9-19(7-6-11(10)22-13)12(20)8-16-14(21)18(4)5/h6-9H2,1-5H3,(H,16,21). The molecule has 0 unspecified atom stereocenters. The second kappa shape index (κ2) is 5.98. The topological polar surface area (TPSA) is 78.7 Å². The molecule has 0 saturated carbocycles. The Kier molecular flexibility index (Phi) is 4.44. The third-order valence-electron chi connectivity index (χ3n) is 3.52. The molecule has 0 radical (unpaired) electrons. The van der Waals surface area contributed by atoms with Crippen molar-refractivity contribution in [1.29, 1.82) is 0 Å². The van der Waals surface area contributed by atoms with Crippen molar-refractivity contribution in [3.05, 3.63) is 17.3 Å². The molecule has 7 heteroatoms. The molecule has 3 amide bonds. The van der Waals surface area contributed by atoms with Gasteiger partial charge in [-0.05, 0) is 0 Å². The molecule has 1 aromatic heterocycles. The minimum atomic E-state index is -0.275. The van der Waals surface area contributed by atoms with Crippen LogP contribution in [-0.4, -0.2) is 53.9 Å². The van der Waals surface area contributed by atoms with E-state index in [4.69, 9.17) is 4.42 Å². The van der Waals surface area contributed by atoms with Crippen molar-refractivity contribution in [3.8, 4) is 0 Å². The Morgan fingerprint density at radius 3 is 2.64 bits per heavy atom. The number of urea groups is 1. The summed E-state index contributed by atoms with van der Waals surface area (Å²) < 4.78 is 5.80. The second-order valence-corrected chi connectivity index (χ2v) is 6.76. The SMILES string of the molecule is CN(C)C(=O)NCC(=O)N1CCc2oc(C(C)(C)C)nc2C1. The van der Waals surface area contributed by atoms with Crippen LogP contribution in [0, 0.1) is 0 Å². The number of oxazole rings is 1. The number of fused-ring (bicyclic) bond motifs is 1. The summed E-state index contributed by atoms with van der Waals surface area (Å²) in [6.45, 7) is 7.16. The lowest BCUT2D eigenvalue weighted by atomic mass is 9.97. The molecule has 1 aromatic rings. The highest BCUT2D eigenvalue weighted by molar-refractivity contribution is 5.83. The fourth-order valence-corrected chi connectivity index (χ4v) is 2.15. The highest BCUT2D eigenvalue weighted by Gasteiger charge is 2.29. The molecular weight excluding hydrogens is 284 g/mol. The zero-order valence-electron chi connectivity index (χ0n) is 13.9. The molecule has 122 valence electrons. The fraction of sp³-hybridized carbons (Fsp3) is 0.667. The van der Waals surface area contributed by atoms with Gasteiger partial charge in [-0.3, -0.25) is 4.79 Å². The molecule has 0 spiro atoms. The number of amides is 3. The normalized spacial score (nSPS) is 14.5. The van der Waals surface area contributed by atoms with E-state index in [-0.39, 0.29) is 23.9 Å². The Morgan fingerprint density at radius 1 is 1.36 bits per heavy atom. The summed E-state index contributed by atoms with van der Waals surface area (Å²) in [7, 11) is 3.27. The molecule has 2 heterocycles. The van der Waals surface area contributed by atoms with Gasteiger partial charge in [0, 0.05) is 32.5 Å². The Morgan fingerprint density at radius 2 is 2.05 bits per heavy atom. The second-order valence-electron chi connectivity index (χ2n) is 6.76. The maximum Gasteiger partial charge on any atom is 0.317 e. The largest absolute Gasteiger partial charge is 0.445 e. The fourth-order valence-electron chi connectivity index (χ4n) is 2.15. The summed E-state index contributed by atoms with van der Waals surface area (Å²) in [5.74, 6) is 1.46. The van der Waals surface area contributed by atoms with Gasteiger partial charge in [0.2, 0.25) is 5.91 Å². The van der Waals surface area contributed by atoms with Gasteiger partial charge in [0.25, 0.3) is 0 Å². The molecule has 0 saturated heterocycles. The van der Waals surface area contributed by atoms with Crippen molar-refractivity contribution in [2.75, 3.05) is 27.2 Å². The monoisotopic (exact) mass is 308 g/mol.